The minimum absolute atomic E-state index is 0.144. The van der Waals surface area contributed by atoms with Gasteiger partial charge in [-0.15, -0.1) is 0 Å². The number of rotatable bonds is 4. The number of amides is 1. The van der Waals surface area contributed by atoms with Crippen molar-refractivity contribution in [2.45, 2.75) is 38.1 Å². The number of sulfonamides is 1. The second-order valence-corrected chi connectivity index (χ2v) is 10.5. The average molecular weight is 428 g/mol. The van der Waals surface area contributed by atoms with Gasteiger partial charge in [-0.05, 0) is 37.3 Å². The minimum atomic E-state index is -3.62. The Labute approximate surface area is 173 Å². The van der Waals surface area contributed by atoms with E-state index < -0.39 is 10.0 Å². The van der Waals surface area contributed by atoms with Gasteiger partial charge in [0.15, 0.2) is 0 Å². The first-order chi connectivity index (χ1) is 13.2. The number of carbonyl (C=O) groups is 1. The van der Waals surface area contributed by atoms with Crippen LogP contribution in [0.3, 0.4) is 0 Å². The highest BCUT2D eigenvalue weighted by Crippen LogP contribution is 2.26. The largest absolute Gasteiger partial charge is 0.341 e. The summed E-state index contributed by atoms with van der Waals surface area (Å²) in [6, 6.07) is 6.29. The molecule has 2 heterocycles. The predicted molar refractivity (Wildman–Crippen MR) is 111 cm³/mol. The van der Waals surface area contributed by atoms with Crippen molar-refractivity contribution in [2.75, 3.05) is 39.3 Å². The van der Waals surface area contributed by atoms with Crippen LogP contribution in [0.15, 0.2) is 29.2 Å². The minimum Gasteiger partial charge on any atom is -0.341 e. The molecule has 156 valence electrons. The van der Waals surface area contributed by atoms with E-state index in [1.165, 1.54) is 10.4 Å². The van der Waals surface area contributed by atoms with Gasteiger partial charge < -0.3 is 4.90 Å². The number of hydrogen-bond acceptors (Lipinski definition) is 4. The Hall–Kier alpha value is -1.15. The molecule has 0 aromatic heterocycles. The fraction of sp³-hybridized carbons (Fsp3) is 0.650. The highest BCUT2D eigenvalue weighted by atomic mass is 35.5. The Bertz CT molecular complexity index is 799. The molecule has 0 radical (unpaired) electrons. The van der Waals surface area contributed by atoms with Crippen LogP contribution >= 0.6 is 11.6 Å². The van der Waals surface area contributed by atoms with Crippen molar-refractivity contribution < 1.29 is 13.2 Å². The van der Waals surface area contributed by atoms with Crippen LogP contribution < -0.4 is 0 Å². The van der Waals surface area contributed by atoms with Gasteiger partial charge >= 0.3 is 0 Å². The van der Waals surface area contributed by atoms with Gasteiger partial charge in [0.25, 0.3) is 0 Å². The Morgan fingerprint density at radius 2 is 1.64 bits per heavy atom. The van der Waals surface area contributed by atoms with Crippen molar-refractivity contribution in [3.05, 3.63) is 29.3 Å². The number of benzene rings is 1. The molecular weight excluding hydrogens is 398 g/mol. The van der Waals surface area contributed by atoms with E-state index in [0.29, 0.717) is 38.0 Å². The standard InChI is InChI=1S/C20H30ClN3O3S/c1-15-12-16(2)14-23(13-15)20(25)17(3)22-8-10-24(11-9-22)28(26,27)19-7-5-4-6-18(19)21/h4-7,15-17H,8-14H2,1-3H3/t15-,16+,17-/m1/s1. The number of piperazine rings is 1. The summed E-state index contributed by atoms with van der Waals surface area (Å²) in [5.41, 5.74) is 0. The van der Waals surface area contributed by atoms with Crippen molar-refractivity contribution in [3.63, 3.8) is 0 Å². The van der Waals surface area contributed by atoms with Crippen LogP contribution in [-0.2, 0) is 14.8 Å². The molecule has 2 aliphatic rings. The molecule has 0 aliphatic carbocycles. The Morgan fingerprint density at radius 3 is 2.21 bits per heavy atom. The van der Waals surface area contributed by atoms with Gasteiger partial charge in [-0.3, -0.25) is 9.69 Å². The van der Waals surface area contributed by atoms with Crippen LogP contribution in [0.25, 0.3) is 0 Å². The predicted octanol–water partition coefficient (Wildman–Crippen LogP) is 2.54. The lowest BCUT2D eigenvalue weighted by atomic mass is 9.91. The summed E-state index contributed by atoms with van der Waals surface area (Å²) in [4.78, 5) is 17.2. The second-order valence-electron chi connectivity index (χ2n) is 8.24. The molecule has 0 N–H and O–H groups in total. The molecule has 2 aliphatic heterocycles. The van der Waals surface area contributed by atoms with Gasteiger partial charge in [0.05, 0.1) is 11.1 Å². The average Bonchev–Trinajstić information content (AvgIpc) is 2.66. The molecule has 2 fully saturated rings. The third kappa shape index (κ3) is 4.53. The van der Waals surface area contributed by atoms with E-state index in [1.54, 1.807) is 18.2 Å². The van der Waals surface area contributed by atoms with E-state index in [4.69, 9.17) is 11.6 Å². The third-order valence-corrected chi connectivity index (χ3v) is 8.21. The fourth-order valence-corrected chi connectivity index (χ4v) is 6.30. The summed E-state index contributed by atoms with van der Waals surface area (Å²) in [7, 11) is -3.62. The first-order valence-electron chi connectivity index (χ1n) is 9.97. The first-order valence-corrected chi connectivity index (χ1v) is 11.8. The maximum Gasteiger partial charge on any atom is 0.244 e. The monoisotopic (exact) mass is 427 g/mol. The van der Waals surface area contributed by atoms with Gasteiger partial charge in [0.1, 0.15) is 4.90 Å². The van der Waals surface area contributed by atoms with E-state index in [0.717, 1.165) is 19.5 Å². The van der Waals surface area contributed by atoms with Crippen LogP contribution in [0.1, 0.15) is 27.2 Å². The Kier molecular flexibility index (Phi) is 6.69. The molecule has 0 spiro atoms. The third-order valence-electron chi connectivity index (χ3n) is 5.81. The maximum atomic E-state index is 13.0. The molecule has 28 heavy (non-hydrogen) atoms. The van der Waals surface area contributed by atoms with Gasteiger partial charge in [0, 0.05) is 39.3 Å². The first kappa shape index (κ1) is 21.6. The van der Waals surface area contributed by atoms with E-state index >= 15 is 0 Å². The lowest BCUT2D eigenvalue weighted by Gasteiger charge is -2.41. The number of halogens is 1. The zero-order valence-corrected chi connectivity index (χ0v) is 18.4. The van der Waals surface area contributed by atoms with Crippen molar-refractivity contribution >= 4 is 27.5 Å². The highest BCUT2D eigenvalue weighted by molar-refractivity contribution is 7.89. The van der Waals surface area contributed by atoms with Gasteiger partial charge in [-0.25, -0.2) is 8.42 Å². The van der Waals surface area contributed by atoms with E-state index in [-0.39, 0.29) is 21.9 Å². The summed E-state index contributed by atoms with van der Waals surface area (Å²) >= 11 is 6.09. The zero-order valence-electron chi connectivity index (χ0n) is 16.8. The molecule has 1 amide bonds. The van der Waals surface area contributed by atoms with Crippen molar-refractivity contribution in [2.24, 2.45) is 11.8 Å². The van der Waals surface area contributed by atoms with Gasteiger partial charge in [-0.1, -0.05) is 37.6 Å². The molecular formula is C20H30ClN3O3S. The van der Waals surface area contributed by atoms with Gasteiger partial charge in [-0.2, -0.15) is 4.31 Å². The molecule has 0 bridgehead atoms. The van der Waals surface area contributed by atoms with Crippen LogP contribution in [0.4, 0.5) is 0 Å². The summed E-state index contributed by atoms with van der Waals surface area (Å²) in [5.74, 6) is 1.20. The molecule has 8 heteroatoms. The number of piperidine rings is 1. The van der Waals surface area contributed by atoms with Crippen LogP contribution in [-0.4, -0.2) is 73.7 Å². The fourth-order valence-electron chi connectivity index (χ4n) is 4.39. The van der Waals surface area contributed by atoms with E-state index in [1.807, 2.05) is 11.8 Å². The normalized spacial score (nSPS) is 26.2. The smallest absolute Gasteiger partial charge is 0.244 e. The quantitative estimate of drug-likeness (QED) is 0.740. The molecule has 3 rings (SSSR count). The second kappa shape index (κ2) is 8.69. The molecule has 2 saturated heterocycles. The van der Waals surface area contributed by atoms with Crippen molar-refractivity contribution in [3.8, 4) is 0 Å². The van der Waals surface area contributed by atoms with Crippen molar-refractivity contribution in [1.29, 1.82) is 0 Å². The van der Waals surface area contributed by atoms with Gasteiger partial charge in [0.2, 0.25) is 15.9 Å². The lowest BCUT2D eigenvalue weighted by Crippen LogP contribution is -2.56. The van der Waals surface area contributed by atoms with E-state index in [9.17, 15) is 13.2 Å². The van der Waals surface area contributed by atoms with E-state index in [2.05, 4.69) is 18.7 Å². The number of carbonyl (C=O) groups excluding carboxylic acids is 1. The number of nitrogens with zero attached hydrogens (tertiary/aromatic N) is 3. The van der Waals surface area contributed by atoms with Crippen LogP contribution in [0.2, 0.25) is 5.02 Å². The molecule has 6 nitrogen and oxygen atoms in total. The molecule has 1 aromatic carbocycles. The number of hydrogen-bond donors (Lipinski definition) is 0. The lowest BCUT2D eigenvalue weighted by molar-refractivity contribution is -0.139. The highest BCUT2D eigenvalue weighted by Gasteiger charge is 2.35. The summed E-state index contributed by atoms with van der Waals surface area (Å²) in [5, 5.41) is 0.238. The Balaban J connectivity index is 1.62. The molecule has 3 atom stereocenters. The summed E-state index contributed by atoms with van der Waals surface area (Å²) < 4.78 is 27.2. The zero-order chi connectivity index (χ0) is 20.5. The number of likely N-dealkylation sites (tertiary alicyclic amines) is 1. The van der Waals surface area contributed by atoms with Crippen LogP contribution in [0.5, 0.6) is 0 Å². The van der Waals surface area contributed by atoms with Crippen molar-refractivity contribution in [1.82, 2.24) is 14.1 Å². The summed E-state index contributed by atoms with van der Waals surface area (Å²) in [6.07, 6.45) is 1.16. The molecule has 1 aromatic rings. The SMILES string of the molecule is C[C@@H]1C[C@H](C)CN(C(=O)[C@@H](C)N2CCN(S(=O)(=O)c3ccccc3Cl)CC2)C1. The summed E-state index contributed by atoms with van der Waals surface area (Å²) in [6.45, 7) is 9.74. The molecule has 0 saturated carbocycles. The topological polar surface area (TPSA) is 60.9 Å². The van der Waals surface area contributed by atoms with Crippen LogP contribution in [0, 0.1) is 11.8 Å². The maximum absolute atomic E-state index is 13.0. The molecule has 0 unspecified atom stereocenters. The Morgan fingerprint density at radius 1 is 1.07 bits per heavy atom.